The number of rotatable bonds is 2. The molecule has 0 aromatic heterocycles. The van der Waals surface area contributed by atoms with Crippen molar-refractivity contribution in [1.82, 2.24) is 5.32 Å². The molecule has 0 saturated carbocycles. The third kappa shape index (κ3) is 3.23. The second-order valence-corrected chi connectivity index (χ2v) is 6.90. The van der Waals surface area contributed by atoms with E-state index in [4.69, 9.17) is 4.74 Å². The Balaban J connectivity index is 1.84. The zero-order valence-corrected chi connectivity index (χ0v) is 14.8. The molecule has 2 aromatic carbocycles. The normalized spacial score (nSPS) is 16.8. The second-order valence-electron chi connectivity index (χ2n) is 4.83. The molecule has 1 aliphatic rings. The number of halogens is 2. The monoisotopic (exact) mass is 457 g/mol. The molecule has 0 bridgehead atoms. The van der Waals surface area contributed by atoms with Crippen LogP contribution in [0.25, 0.3) is 0 Å². The van der Waals surface area contributed by atoms with Gasteiger partial charge in [0.05, 0.1) is 18.2 Å². The molecule has 1 amide bonds. The van der Waals surface area contributed by atoms with Crippen LogP contribution in [-0.4, -0.2) is 12.5 Å². The molecule has 0 fully saturated rings. The minimum Gasteiger partial charge on any atom is -0.493 e. The predicted octanol–water partition coefficient (Wildman–Crippen LogP) is 4.31. The van der Waals surface area contributed by atoms with Gasteiger partial charge in [-0.1, -0.05) is 34.1 Å². The summed E-state index contributed by atoms with van der Waals surface area (Å²) in [5.41, 5.74) is 1.73. The van der Waals surface area contributed by atoms with Crippen LogP contribution in [0.4, 0.5) is 0 Å². The summed E-state index contributed by atoms with van der Waals surface area (Å²) < 4.78 is 7.47. The van der Waals surface area contributed by atoms with Crippen molar-refractivity contribution in [3.05, 3.63) is 61.6 Å². The molecular weight excluding hydrogens is 445 g/mol. The summed E-state index contributed by atoms with van der Waals surface area (Å²) in [6.45, 7) is 0.623. The minimum absolute atomic E-state index is 0.00256. The van der Waals surface area contributed by atoms with Gasteiger partial charge >= 0.3 is 0 Å². The maximum Gasteiger partial charge on any atom is 0.252 e. The average molecular weight is 458 g/mol. The molecule has 108 valence electrons. The van der Waals surface area contributed by atoms with E-state index in [9.17, 15) is 4.79 Å². The highest BCUT2D eigenvalue weighted by atomic mass is 127. The van der Waals surface area contributed by atoms with Crippen LogP contribution in [0, 0.1) is 3.57 Å². The number of hydrogen-bond donors (Lipinski definition) is 1. The summed E-state index contributed by atoms with van der Waals surface area (Å²) in [6.07, 6.45) is 0.785. The number of para-hydroxylation sites is 1. The molecule has 0 spiro atoms. The number of ether oxygens (including phenoxy) is 1. The van der Waals surface area contributed by atoms with Gasteiger partial charge in [-0.05, 0) is 46.9 Å². The maximum absolute atomic E-state index is 12.5. The third-order valence-electron chi connectivity index (χ3n) is 3.44. The van der Waals surface area contributed by atoms with Gasteiger partial charge in [-0.15, -0.1) is 0 Å². The first-order valence-corrected chi connectivity index (χ1v) is 8.50. The van der Waals surface area contributed by atoms with Gasteiger partial charge < -0.3 is 10.1 Å². The van der Waals surface area contributed by atoms with E-state index in [-0.39, 0.29) is 11.9 Å². The summed E-state index contributed by atoms with van der Waals surface area (Å²) >= 11 is 5.59. The fourth-order valence-electron chi connectivity index (χ4n) is 2.40. The van der Waals surface area contributed by atoms with Crippen LogP contribution >= 0.6 is 38.5 Å². The molecule has 1 unspecified atom stereocenters. The summed E-state index contributed by atoms with van der Waals surface area (Å²) in [5.74, 6) is 0.806. The minimum atomic E-state index is -0.0533. The first kappa shape index (κ1) is 14.8. The van der Waals surface area contributed by atoms with Crippen molar-refractivity contribution in [2.24, 2.45) is 0 Å². The lowest BCUT2D eigenvalue weighted by Gasteiger charge is -2.26. The van der Waals surface area contributed by atoms with E-state index in [1.807, 2.05) is 42.5 Å². The number of benzene rings is 2. The number of fused-ring (bicyclic) bond motifs is 1. The highest BCUT2D eigenvalue weighted by molar-refractivity contribution is 14.1. The van der Waals surface area contributed by atoms with Gasteiger partial charge in [0.15, 0.2) is 0 Å². The van der Waals surface area contributed by atoms with E-state index in [1.165, 1.54) is 0 Å². The SMILES string of the molecule is O=C(NC1CCOc2ccccc21)c1cc(Br)ccc1I. The first-order valence-electron chi connectivity index (χ1n) is 6.63. The summed E-state index contributed by atoms with van der Waals surface area (Å²) in [6, 6.07) is 13.6. The van der Waals surface area contributed by atoms with Crippen molar-refractivity contribution in [3.63, 3.8) is 0 Å². The van der Waals surface area contributed by atoms with Crippen molar-refractivity contribution >= 4 is 44.4 Å². The Morgan fingerprint density at radius 2 is 2.10 bits per heavy atom. The van der Waals surface area contributed by atoms with Crippen LogP contribution in [0.1, 0.15) is 28.4 Å². The van der Waals surface area contributed by atoms with Crippen LogP contribution in [-0.2, 0) is 0 Å². The van der Waals surface area contributed by atoms with Crippen molar-refractivity contribution in [2.75, 3.05) is 6.61 Å². The Bertz CT molecular complexity index is 690. The average Bonchev–Trinajstić information content (AvgIpc) is 2.50. The zero-order valence-electron chi connectivity index (χ0n) is 11.1. The lowest BCUT2D eigenvalue weighted by molar-refractivity contribution is 0.0924. The van der Waals surface area contributed by atoms with Crippen LogP contribution < -0.4 is 10.1 Å². The summed E-state index contributed by atoms with van der Waals surface area (Å²) in [4.78, 5) is 12.5. The first-order chi connectivity index (χ1) is 10.1. The van der Waals surface area contributed by atoms with E-state index in [0.29, 0.717) is 12.2 Å². The number of hydrogen-bond acceptors (Lipinski definition) is 2. The molecule has 0 aliphatic carbocycles. The van der Waals surface area contributed by atoms with Crippen LogP contribution in [0.3, 0.4) is 0 Å². The third-order valence-corrected chi connectivity index (χ3v) is 4.87. The molecule has 1 atom stereocenters. The lowest BCUT2D eigenvalue weighted by Crippen LogP contribution is -2.32. The van der Waals surface area contributed by atoms with Gasteiger partial charge in [0.1, 0.15) is 5.75 Å². The molecular formula is C16H13BrINO2. The molecule has 0 radical (unpaired) electrons. The van der Waals surface area contributed by atoms with E-state index < -0.39 is 0 Å². The van der Waals surface area contributed by atoms with Crippen LogP contribution in [0.2, 0.25) is 0 Å². The Hall–Kier alpha value is -1.08. The Labute approximate surface area is 145 Å². The fraction of sp³-hybridized carbons (Fsp3) is 0.188. The van der Waals surface area contributed by atoms with Gasteiger partial charge in [-0.2, -0.15) is 0 Å². The summed E-state index contributed by atoms with van der Waals surface area (Å²) in [7, 11) is 0. The zero-order chi connectivity index (χ0) is 14.8. The molecule has 1 N–H and O–H groups in total. The number of amides is 1. The molecule has 21 heavy (non-hydrogen) atoms. The smallest absolute Gasteiger partial charge is 0.252 e. The largest absolute Gasteiger partial charge is 0.493 e. The molecule has 2 aromatic rings. The highest BCUT2D eigenvalue weighted by Gasteiger charge is 2.23. The van der Waals surface area contributed by atoms with Gasteiger partial charge in [0, 0.05) is 20.0 Å². The van der Waals surface area contributed by atoms with Crippen molar-refractivity contribution in [1.29, 1.82) is 0 Å². The molecule has 0 saturated heterocycles. The second kappa shape index (κ2) is 6.36. The topological polar surface area (TPSA) is 38.3 Å². The van der Waals surface area contributed by atoms with E-state index >= 15 is 0 Å². The van der Waals surface area contributed by atoms with E-state index in [2.05, 4.69) is 43.8 Å². The standard InChI is InChI=1S/C16H13BrINO2/c17-10-5-6-13(18)12(9-10)16(20)19-14-7-8-21-15-4-2-1-3-11(14)15/h1-6,9,14H,7-8H2,(H,19,20). The summed E-state index contributed by atoms with van der Waals surface area (Å²) in [5, 5.41) is 3.11. The Kier molecular flexibility index (Phi) is 4.49. The van der Waals surface area contributed by atoms with Crippen LogP contribution in [0.5, 0.6) is 5.75 Å². The van der Waals surface area contributed by atoms with Gasteiger partial charge in [-0.3, -0.25) is 4.79 Å². The highest BCUT2D eigenvalue weighted by Crippen LogP contribution is 2.32. The van der Waals surface area contributed by atoms with E-state index in [1.54, 1.807) is 0 Å². The maximum atomic E-state index is 12.5. The molecule has 1 aliphatic heterocycles. The van der Waals surface area contributed by atoms with Gasteiger partial charge in [0.2, 0.25) is 0 Å². The number of nitrogens with one attached hydrogen (secondary N) is 1. The fourth-order valence-corrected chi connectivity index (χ4v) is 3.34. The Morgan fingerprint density at radius 3 is 2.95 bits per heavy atom. The van der Waals surface area contributed by atoms with E-state index in [0.717, 1.165) is 25.8 Å². The number of carbonyl (C=O) groups excluding carboxylic acids is 1. The van der Waals surface area contributed by atoms with Gasteiger partial charge in [-0.25, -0.2) is 0 Å². The number of carbonyl (C=O) groups is 1. The van der Waals surface area contributed by atoms with Crippen molar-refractivity contribution in [3.8, 4) is 5.75 Å². The molecule has 3 rings (SSSR count). The molecule has 5 heteroatoms. The molecule has 1 heterocycles. The predicted molar refractivity (Wildman–Crippen MR) is 93.6 cm³/mol. The lowest BCUT2D eigenvalue weighted by atomic mass is 10.00. The van der Waals surface area contributed by atoms with Crippen molar-refractivity contribution in [2.45, 2.75) is 12.5 Å². The molecule has 3 nitrogen and oxygen atoms in total. The van der Waals surface area contributed by atoms with Gasteiger partial charge in [0.25, 0.3) is 5.91 Å². The quantitative estimate of drug-likeness (QED) is 0.682. The Morgan fingerprint density at radius 1 is 1.29 bits per heavy atom. The van der Waals surface area contributed by atoms with Crippen LogP contribution in [0.15, 0.2) is 46.9 Å². The van der Waals surface area contributed by atoms with Crippen molar-refractivity contribution < 1.29 is 9.53 Å².